The molecular formula is C15H21NO3S. The Labute approximate surface area is 120 Å². The van der Waals surface area contributed by atoms with E-state index in [0.717, 1.165) is 38.1 Å². The Morgan fingerprint density at radius 3 is 3.10 bits per heavy atom. The summed E-state index contributed by atoms with van der Waals surface area (Å²) in [4.78, 5) is 0. The summed E-state index contributed by atoms with van der Waals surface area (Å²) in [6.07, 6.45) is 2.71. The van der Waals surface area contributed by atoms with Crippen molar-refractivity contribution in [2.24, 2.45) is 5.92 Å². The van der Waals surface area contributed by atoms with E-state index in [1.54, 1.807) is 0 Å². The summed E-state index contributed by atoms with van der Waals surface area (Å²) in [6.45, 7) is 2.39. The second-order valence-corrected chi connectivity index (χ2v) is 7.98. The molecule has 1 N–H and O–H groups in total. The lowest BCUT2D eigenvalue weighted by Crippen LogP contribution is -2.29. The van der Waals surface area contributed by atoms with Crippen LogP contribution in [-0.2, 0) is 22.8 Å². The Bertz CT molecular complexity index is 583. The average molecular weight is 295 g/mol. The average Bonchev–Trinajstić information content (AvgIpc) is 2.44. The van der Waals surface area contributed by atoms with Crippen molar-refractivity contribution in [3.05, 3.63) is 29.3 Å². The monoisotopic (exact) mass is 295 g/mol. The van der Waals surface area contributed by atoms with E-state index in [9.17, 15) is 8.42 Å². The minimum atomic E-state index is -2.84. The molecule has 0 saturated carbocycles. The number of sulfone groups is 1. The fourth-order valence-electron chi connectivity index (χ4n) is 3.09. The Morgan fingerprint density at radius 1 is 1.35 bits per heavy atom. The molecular weight excluding hydrogens is 274 g/mol. The highest BCUT2D eigenvalue weighted by atomic mass is 32.2. The van der Waals surface area contributed by atoms with Crippen LogP contribution in [0.4, 0.5) is 0 Å². The molecule has 1 atom stereocenters. The van der Waals surface area contributed by atoms with Crippen LogP contribution in [0.15, 0.2) is 18.2 Å². The van der Waals surface area contributed by atoms with E-state index in [2.05, 4.69) is 11.4 Å². The minimum absolute atomic E-state index is 0.145. The van der Waals surface area contributed by atoms with Gasteiger partial charge in [0.25, 0.3) is 0 Å². The quantitative estimate of drug-likeness (QED) is 0.919. The molecule has 4 nitrogen and oxygen atoms in total. The second-order valence-electron chi connectivity index (χ2n) is 5.75. The molecule has 0 radical (unpaired) electrons. The third-order valence-electron chi connectivity index (χ3n) is 4.13. The van der Waals surface area contributed by atoms with Crippen molar-refractivity contribution in [3.8, 4) is 5.75 Å². The molecule has 2 aliphatic rings. The van der Waals surface area contributed by atoms with Gasteiger partial charge in [-0.05, 0) is 43.0 Å². The van der Waals surface area contributed by atoms with Crippen LogP contribution in [0.1, 0.15) is 24.0 Å². The third-order valence-corrected chi connectivity index (χ3v) is 6.02. The zero-order chi connectivity index (χ0) is 14.0. The number of nitrogens with one attached hydrogen (secondary N) is 1. The van der Waals surface area contributed by atoms with E-state index >= 15 is 0 Å². The lowest BCUT2D eigenvalue weighted by atomic mass is 10.00. The standard InChI is InChI=1S/C15H21NO3S/c17-20(18)8-2-3-12(11-20)10-19-15-5-1-4-13-9-16-7-6-14(13)15/h1,4-5,12,16H,2-3,6-11H2. The number of hydrogen-bond acceptors (Lipinski definition) is 4. The van der Waals surface area contributed by atoms with Crippen LogP contribution in [0, 0.1) is 5.92 Å². The van der Waals surface area contributed by atoms with Crippen LogP contribution >= 0.6 is 0 Å². The first-order valence-corrected chi connectivity index (χ1v) is 9.11. The van der Waals surface area contributed by atoms with Gasteiger partial charge in [0.2, 0.25) is 0 Å². The topological polar surface area (TPSA) is 55.4 Å². The van der Waals surface area contributed by atoms with Crippen molar-refractivity contribution < 1.29 is 13.2 Å². The zero-order valence-electron chi connectivity index (χ0n) is 11.6. The van der Waals surface area contributed by atoms with Gasteiger partial charge in [-0.2, -0.15) is 0 Å². The van der Waals surface area contributed by atoms with Gasteiger partial charge in [0.1, 0.15) is 5.75 Å². The van der Waals surface area contributed by atoms with E-state index in [1.807, 2.05) is 12.1 Å². The molecule has 0 aliphatic carbocycles. The summed E-state index contributed by atoms with van der Waals surface area (Å²) in [5.74, 6) is 1.71. The highest BCUT2D eigenvalue weighted by Crippen LogP contribution is 2.27. The van der Waals surface area contributed by atoms with Crippen molar-refractivity contribution in [3.63, 3.8) is 0 Å². The maximum atomic E-state index is 11.6. The Morgan fingerprint density at radius 2 is 2.25 bits per heavy atom. The molecule has 2 aliphatic heterocycles. The Hall–Kier alpha value is -1.07. The predicted molar refractivity (Wildman–Crippen MR) is 78.7 cm³/mol. The molecule has 1 fully saturated rings. The molecule has 1 aromatic rings. The summed E-state index contributed by atoms with van der Waals surface area (Å²) in [6, 6.07) is 6.14. The van der Waals surface area contributed by atoms with E-state index in [-0.39, 0.29) is 11.7 Å². The maximum Gasteiger partial charge on any atom is 0.150 e. The van der Waals surface area contributed by atoms with Crippen molar-refractivity contribution in [1.82, 2.24) is 5.32 Å². The minimum Gasteiger partial charge on any atom is -0.493 e. The van der Waals surface area contributed by atoms with E-state index in [0.29, 0.717) is 12.4 Å². The molecule has 0 aromatic heterocycles. The van der Waals surface area contributed by atoms with Crippen LogP contribution in [0.3, 0.4) is 0 Å². The normalized spacial score (nSPS) is 24.9. The van der Waals surface area contributed by atoms with Gasteiger partial charge in [0.05, 0.1) is 18.1 Å². The Balaban J connectivity index is 1.67. The zero-order valence-corrected chi connectivity index (χ0v) is 12.4. The van der Waals surface area contributed by atoms with Gasteiger partial charge in [-0.3, -0.25) is 0 Å². The first-order valence-electron chi connectivity index (χ1n) is 7.29. The molecule has 20 heavy (non-hydrogen) atoms. The van der Waals surface area contributed by atoms with Crippen molar-refractivity contribution in [1.29, 1.82) is 0 Å². The fourth-order valence-corrected chi connectivity index (χ4v) is 4.84. The number of rotatable bonds is 3. The lowest BCUT2D eigenvalue weighted by Gasteiger charge is -2.24. The summed E-state index contributed by atoms with van der Waals surface area (Å²) in [5, 5.41) is 3.35. The van der Waals surface area contributed by atoms with Gasteiger partial charge in [0, 0.05) is 12.5 Å². The molecule has 0 amide bonds. The van der Waals surface area contributed by atoms with Crippen LogP contribution < -0.4 is 10.1 Å². The lowest BCUT2D eigenvalue weighted by molar-refractivity contribution is 0.246. The molecule has 0 bridgehead atoms. The third kappa shape index (κ3) is 3.15. The predicted octanol–water partition coefficient (Wildman–Crippen LogP) is 1.54. The summed E-state index contributed by atoms with van der Waals surface area (Å²) >= 11 is 0. The van der Waals surface area contributed by atoms with Crippen LogP contribution in [-0.4, -0.2) is 33.1 Å². The fraction of sp³-hybridized carbons (Fsp3) is 0.600. The Kier molecular flexibility index (Phi) is 3.98. The molecule has 2 heterocycles. The van der Waals surface area contributed by atoms with Crippen LogP contribution in [0.5, 0.6) is 5.75 Å². The number of ether oxygens (including phenoxy) is 1. The van der Waals surface area contributed by atoms with Gasteiger partial charge >= 0.3 is 0 Å². The van der Waals surface area contributed by atoms with Crippen LogP contribution in [0.2, 0.25) is 0 Å². The summed E-state index contributed by atoms with van der Waals surface area (Å²) < 4.78 is 29.2. The largest absolute Gasteiger partial charge is 0.493 e. The van der Waals surface area contributed by atoms with Crippen molar-refractivity contribution in [2.75, 3.05) is 24.7 Å². The van der Waals surface area contributed by atoms with E-state index < -0.39 is 9.84 Å². The number of fused-ring (bicyclic) bond motifs is 1. The highest BCUT2D eigenvalue weighted by molar-refractivity contribution is 7.91. The first-order chi connectivity index (χ1) is 9.64. The van der Waals surface area contributed by atoms with Gasteiger partial charge in [-0.25, -0.2) is 8.42 Å². The van der Waals surface area contributed by atoms with E-state index in [4.69, 9.17) is 4.74 Å². The molecule has 3 rings (SSSR count). The smallest absolute Gasteiger partial charge is 0.150 e. The molecule has 5 heteroatoms. The number of hydrogen-bond donors (Lipinski definition) is 1. The van der Waals surface area contributed by atoms with E-state index in [1.165, 1.54) is 11.1 Å². The van der Waals surface area contributed by atoms with Gasteiger partial charge < -0.3 is 10.1 Å². The summed E-state index contributed by atoms with van der Waals surface area (Å²) in [7, 11) is -2.84. The van der Waals surface area contributed by atoms with Crippen molar-refractivity contribution in [2.45, 2.75) is 25.8 Å². The molecule has 110 valence electrons. The molecule has 0 spiro atoms. The van der Waals surface area contributed by atoms with Crippen molar-refractivity contribution >= 4 is 9.84 Å². The van der Waals surface area contributed by atoms with Gasteiger partial charge in [-0.1, -0.05) is 12.1 Å². The van der Waals surface area contributed by atoms with Crippen LogP contribution in [0.25, 0.3) is 0 Å². The highest BCUT2D eigenvalue weighted by Gasteiger charge is 2.25. The molecule has 1 aromatic carbocycles. The van der Waals surface area contributed by atoms with Gasteiger partial charge in [0.15, 0.2) is 9.84 Å². The number of benzene rings is 1. The molecule has 1 unspecified atom stereocenters. The molecule has 1 saturated heterocycles. The SMILES string of the molecule is O=S1(=O)CCCC(COc2cccc3c2CCNC3)C1. The second kappa shape index (κ2) is 5.74. The van der Waals surface area contributed by atoms with Gasteiger partial charge in [-0.15, -0.1) is 0 Å². The maximum absolute atomic E-state index is 11.6. The first kappa shape index (κ1) is 13.9. The summed E-state index contributed by atoms with van der Waals surface area (Å²) in [5.41, 5.74) is 2.58.